The average molecular weight is 458 g/mol. The molecule has 20 heavy (non-hydrogen) atoms. The maximum atomic E-state index is 6.43. The summed E-state index contributed by atoms with van der Waals surface area (Å²) in [6.07, 6.45) is 0.871. The normalized spacial score (nSPS) is 12.8. The van der Waals surface area contributed by atoms with Crippen molar-refractivity contribution in [2.45, 2.75) is 12.5 Å². The molecule has 1 unspecified atom stereocenters. The molecule has 0 spiro atoms. The van der Waals surface area contributed by atoms with E-state index in [0.29, 0.717) is 0 Å². The van der Waals surface area contributed by atoms with Gasteiger partial charge in [0, 0.05) is 18.8 Å². The predicted molar refractivity (Wildman–Crippen MR) is 99.3 cm³/mol. The summed E-state index contributed by atoms with van der Waals surface area (Å²) in [6.45, 7) is 0. The summed E-state index contributed by atoms with van der Waals surface area (Å²) in [7, 11) is 0. The van der Waals surface area contributed by atoms with Gasteiger partial charge in [-0.15, -0.1) is 11.3 Å². The van der Waals surface area contributed by atoms with Gasteiger partial charge in [0.05, 0.1) is 0 Å². The van der Waals surface area contributed by atoms with Crippen LogP contribution < -0.4 is 5.73 Å². The smallest absolute Gasteiger partial charge is 0.0347 e. The van der Waals surface area contributed by atoms with Crippen molar-refractivity contribution >= 4 is 59.9 Å². The topological polar surface area (TPSA) is 26.0 Å². The molecule has 1 heterocycles. The van der Waals surface area contributed by atoms with E-state index in [-0.39, 0.29) is 6.04 Å². The Bertz CT molecular complexity index is 753. The molecule has 0 aliphatic heterocycles. The minimum atomic E-state index is 0.0254. The standard InChI is InChI=1S/C16H13BrINS/c17-11-5-6-14(18)13(8-11)15(19)7-10-9-20-16-4-2-1-3-12(10)16/h1-6,8-9,15H,7,19H2. The average Bonchev–Trinajstić information content (AvgIpc) is 2.85. The molecule has 3 rings (SSSR count). The quantitative estimate of drug-likeness (QED) is 0.515. The second-order valence-corrected chi connectivity index (χ2v) is 7.72. The van der Waals surface area contributed by atoms with Crippen molar-refractivity contribution < 1.29 is 0 Å². The highest BCUT2D eigenvalue weighted by Crippen LogP contribution is 2.30. The van der Waals surface area contributed by atoms with E-state index in [9.17, 15) is 0 Å². The Kier molecular flexibility index (Phi) is 4.45. The van der Waals surface area contributed by atoms with Crippen LogP contribution in [0.5, 0.6) is 0 Å². The van der Waals surface area contributed by atoms with Gasteiger partial charge in [-0.1, -0.05) is 34.1 Å². The zero-order chi connectivity index (χ0) is 14.1. The van der Waals surface area contributed by atoms with Gasteiger partial charge in [-0.3, -0.25) is 0 Å². The van der Waals surface area contributed by atoms with Gasteiger partial charge in [0.25, 0.3) is 0 Å². The van der Waals surface area contributed by atoms with Gasteiger partial charge in [0.2, 0.25) is 0 Å². The van der Waals surface area contributed by atoms with Gasteiger partial charge in [-0.2, -0.15) is 0 Å². The lowest BCUT2D eigenvalue weighted by molar-refractivity contribution is 0.722. The lowest BCUT2D eigenvalue weighted by Gasteiger charge is -2.14. The van der Waals surface area contributed by atoms with E-state index in [1.54, 1.807) is 11.3 Å². The molecule has 0 saturated carbocycles. The van der Waals surface area contributed by atoms with Crippen LogP contribution >= 0.6 is 49.9 Å². The molecular weight excluding hydrogens is 445 g/mol. The first-order valence-electron chi connectivity index (χ1n) is 6.31. The summed E-state index contributed by atoms with van der Waals surface area (Å²) in [5.41, 5.74) is 8.97. The van der Waals surface area contributed by atoms with Crippen LogP contribution in [0.3, 0.4) is 0 Å². The second kappa shape index (κ2) is 6.13. The number of benzene rings is 2. The van der Waals surface area contributed by atoms with Crippen LogP contribution in [0.15, 0.2) is 52.3 Å². The summed E-state index contributed by atoms with van der Waals surface area (Å²) in [5.74, 6) is 0. The maximum Gasteiger partial charge on any atom is 0.0347 e. The van der Waals surface area contributed by atoms with Crippen LogP contribution in [0.1, 0.15) is 17.2 Å². The molecule has 3 aromatic rings. The van der Waals surface area contributed by atoms with E-state index in [0.717, 1.165) is 10.9 Å². The Hall–Kier alpha value is -0.430. The van der Waals surface area contributed by atoms with Crippen molar-refractivity contribution in [3.05, 3.63) is 67.0 Å². The summed E-state index contributed by atoms with van der Waals surface area (Å²) in [5, 5.41) is 3.56. The van der Waals surface area contributed by atoms with Crippen molar-refractivity contribution in [3.8, 4) is 0 Å². The van der Waals surface area contributed by atoms with Gasteiger partial charge in [-0.25, -0.2) is 0 Å². The number of hydrogen-bond acceptors (Lipinski definition) is 2. The van der Waals surface area contributed by atoms with Gasteiger partial charge < -0.3 is 5.73 Å². The molecule has 4 heteroatoms. The van der Waals surface area contributed by atoms with Crippen molar-refractivity contribution in [1.82, 2.24) is 0 Å². The fourth-order valence-electron chi connectivity index (χ4n) is 2.34. The minimum absolute atomic E-state index is 0.0254. The molecule has 2 N–H and O–H groups in total. The number of fused-ring (bicyclic) bond motifs is 1. The predicted octanol–water partition coefficient (Wildman–Crippen LogP) is 5.51. The highest BCUT2D eigenvalue weighted by molar-refractivity contribution is 14.1. The van der Waals surface area contributed by atoms with E-state index in [2.05, 4.69) is 86.4 Å². The summed E-state index contributed by atoms with van der Waals surface area (Å²) in [6, 6.07) is 14.8. The van der Waals surface area contributed by atoms with Gasteiger partial charge in [0.15, 0.2) is 0 Å². The molecule has 0 saturated heterocycles. The van der Waals surface area contributed by atoms with Crippen LogP contribution in [0.4, 0.5) is 0 Å². The van der Waals surface area contributed by atoms with Crippen LogP contribution in [0, 0.1) is 3.57 Å². The lowest BCUT2D eigenvalue weighted by Crippen LogP contribution is -2.14. The molecule has 0 aliphatic carbocycles. The molecule has 0 aliphatic rings. The third-order valence-corrected chi connectivity index (χ3v) is 5.85. The minimum Gasteiger partial charge on any atom is -0.324 e. The van der Waals surface area contributed by atoms with Gasteiger partial charge in [0.1, 0.15) is 0 Å². The van der Waals surface area contributed by atoms with E-state index >= 15 is 0 Å². The number of rotatable bonds is 3. The lowest BCUT2D eigenvalue weighted by atomic mass is 9.99. The molecule has 2 aromatic carbocycles. The first-order valence-corrected chi connectivity index (χ1v) is 9.06. The van der Waals surface area contributed by atoms with Crippen LogP contribution in [0.25, 0.3) is 10.1 Å². The number of thiophene rings is 1. The monoisotopic (exact) mass is 457 g/mol. The summed E-state index contributed by atoms with van der Waals surface area (Å²) < 4.78 is 3.63. The molecule has 1 aromatic heterocycles. The van der Waals surface area contributed by atoms with Gasteiger partial charge >= 0.3 is 0 Å². The number of nitrogens with two attached hydrogens (primary N) is 1. The molecule has 102 valence electrons. The summed E-state index contributed by atoms with van der Waals surface area (Å²) in [4.78, 5) is 0. The van der Waals surface area contributed by atoms with Crippen molar-refractivity contribution in [1.29, 1.82) is 0 Å². The fourth-order valence-corrected chi connectivity index (χ4v) is 4.43. The zero-order valence-corrected chi connectivity index (χ0v) is 15.2. The molecular formula is C16H13BrINS. The molecule has 0 bridgehead atoms. The third kappa shape index (κ3) is 2.93. The highest BCUT2D eigenvalue weighted by atomic mass is 127. The van der Waals surface area contributed by atoms with Crippen LogP contribution in [0.2, 0.25) is 0 Å². The molecule has 1 atom stereocenters. The highest BCUT2D eigenvalue weighted by Gasteiger charge is 2.13. The van der Waals surface area contributed by atoms with E-state index < -0.39 is 0 Å². The Balaban J connectivity index is 1.92. The Morgan fingerprint density at radius 2 is 2.00 bits per heavy atom. The molecule has 0 radical (unpaired) electrons. The first-order chi connectivity index (χ1) is 9.65. The fraction of sp³-hybridized carbons (Fsp3) is 0.125. The Morgan fingerprint density at radius 3 is 2.85 bits per heavy atom. The molecule has 0 amide bonds. The van der Waals surface area contributed by atoms with Crippen molar-refractivity contribution in [2.24, 2.45) is 5.73 Å². The van der Waals surface area contributed by atoms with E-state index in [4.69, 9.17) is 5.73 Å². The SMILES string of the molecule is NC(Cc1csc2ccccc12)c1cc(Br)ccc1I. The third-order valence-electron chi connectivity index (χ3n) is 3.36. The molecule has 1 nitrogen and oxygen atoms in total. The first kappa shape index (κ1) is 14.5. The maximum absolute atomic E-state index is 6.43. The zero-order valence-electron chi connectivity index (χ0n) is 10.6. The van der Waals surface area contributed by atoms with E-state index in [1.807, 2.05) is 0 Å². The number of hydrogen-bond donors (Lipinski definition) is 1. The number of halogens is 2. The summed E-state index contributed by atoms with van der Waals surface area (Å²) >= 11 is 7.67. The largest absolute Gasteiger partial charge is 0.324 e. The van der Waals surface area contributed by atoms with Crippen molar-refractivity contribution in [3.63, 3.8) is 0 Å². The molecule has 0 fully saturated rings. The Labute approximate surface area is 144 Å². The van der Waals surface area contributed by atoms with Crippen LogP contribution in [-0.4, -0.2) is 0 Å². The Morgan fingerprint density at radius 1 is 1.20 bits per heavy atom. The van der Waals surface area contributed by atoms with Gasteiger partial charge in [-0.05, 0) is 75.2 Å². The second-order valence-electron chi connectivity index (χ2n) is 4.73. The van der Waals surface area contributed by atoms with E-state index in [1.165, 1.54) is 24.8 Å². The van der Waals surface area contributed by atoms with Crippen LogP contribution in [-0.2, 0) is 6.42 Å². The van der Waals surface area contributed by atoms with Crippen molar-refractivity contribution in [2.75, 3.05) is 0 Å².